The summed E-state index contributed by atoms with van der Waals surface area (Å²) in [6.45, 7) is 2.42. The third-order valence-corrected chi connectivity index (χ3v) is 2.87. The van der Waals surface area contributed by atoms with Crippen molar-refractivity contribution in [3.05, 3.63) is 42.4 Å². The van der Waals surface area contributed by atoms with Crippen molar-refractivity contribution in [1.29, 1.82) is 0 Å². The molecule has 0 saturated heterocycles. The Bertz CT molecular complexity index is 522. The average molecular weight is 245 g/mol. The summed E-state index contributed by atoms with van der Waals surface area (Å²) in [6.07, 6.45) is 2.55. The fourth-order valence-electron chi connectivity index (χ4n) is 2.05. The van der Waals surface area contributed by atoms with Gasteiger partial charge in [0.2, 0.25) is 6.79 Å². The Morgan fingerprint density at radius 2 is 2.11 bits per heavy atom. The van der Waals surface area contributed by atoms with Crippen LogP contribution in [-0.2, 0) is 6.42 Å². The number of hydrogen-bond donors (Lipinski definition) is 1. The first-order valence-corrected chi connectivity index (χ1v) is 6.00. The maximum absolute atomic E-state index is 5.35. The van der Waals surface area contributed by atoms with Crippen LogP contribution in [0.4, 0.5) is 5.69 Å². The number of furan rings is 1. The zero-order valence-corrected chi connectivity index (χ0v) is 10.2. The summed E-state index contributed by atoms with van der Waals surface area (Å²) in [6, 6.07) is 10.1. The van der Waals surface area contributed by atoms with Gasteiger partial charge in [-0.05, 0) is 31.2 Å². The summed E-state index contributed by atoms with van der Waals surface area (Å²) in [7, 11) is 0. The van der Waals surface area contributed by atoms with Gasteiger partial charge in [-0.2, -0.15) is 0 Å². The number of hydrogen-bond acceptors (Lipinski definition) is 4. The molecule has 0 spiro atoms. The van der Waals surface area contributed by atoms with Gasteiger partial charge < -0.3 is 19.2 Å². The molecule has 3 rings (SSSR count). The molecule has 0 radical (unpaired) electrons. The van der Waals surface area contributed by atoms with Gasteiger partial charge in [0, 0.05) is 24.2 Å². The second-order valence-electron chi connectivity index (χ2n) is 4.40. The van der Waals surface area contributed by atoms with E-state index in [0.717, 1.165) is 29.4 Å². The molecule has 18 heavy (non-hydrogen) atoms. The molecule has 4 heteroatoms. The third-order valence-electron chi connectivity index (χ3n) is 2.87. The maximum atomic E-state index is 5.35. The number of fused-ring (bicyclic) bond motifs is 1. The smallest absolute Gasteiger partial charge is 0.231 e. The molecule has 1 aliphatic rings. The summed E-state index contributed by atoms with van der Waals surface area (Å²) < 4.78 is 16.0. The number of benzene rings is 1. The van der Waals surface area contributed by atoms with Crippen molar-refractivity contribution < 1.29 is 13.9 Å². The molecule has 2 heterocycles. The van der Waals surface area contributed by atoms with Gasteiger partial charge in [-0.3, -0.25) is 0 Å². The molecular weight excluding hydrogens is 230 g/mol. The van der Waals surface area contributed by atoms with Crippen molar-refractivity contribution >= 4 is 5.69 Å². The highest BCUT2D eigenvalue weighted by Crippen LogP contribution is 2.34. The van der Waals surface area contributed by atoms with Crippen molar-refractivity contribution in [1.82, 2.24) is 0 Å². The number of anilines is 1. The lowest BCUT2D eigenvalue weighted by atomic mass is 10.2. The van der Waals surface area contributed by atoms with E-state index in [1.165, 1.54) is 0 Å². The molecule has 1 aromatic heterocycles. The predicted molar refractivity (Wildman–Crippen MR) is 68.1 cm³/mol. The lowest BCUT2D eigenvalue weighted by Crippen LogP contribution is -2.17. The van der Waals surface area contributed by atoms with E-state index < -0.39 is 0 Å². The molecule has 2 aromatic rings. The lowest BCUT2D eigenvalue weighted by Gasteiger charge is -2.14. The Morgan fingerprint density at radius 1 is 1.22 bits per heavy atom. The third kappa shape index (κ3) is 2.27. The first-order valence-electron chi connectivity index (χ1n) is 6.00. The molecule has 0 fully saturated rings. The summed E-state index contributed by atoms with van der Waals surface area (Å²) in [4.78, 5) is 0. The minimum Gasteiger partial charge on any atom is -0.469 e. The van der Waals surface area contributed by atoms with Crippen LogP contribution in [0.5, 0.6) is 11.5 Å². The van der Waals surface area contributed by atoms with Crippen LogP contribution in [-0.4, -0.2) is 12.8 Å². The predicted octanol–water partition coefficient (Wildman–Crippen LogP) is 3.05. The fourth-order valence-corrected chi connectivity index (χ4v) is 2.05. The van der Waals surface area contributed by atoms with Gasteiger partial charge in [-0.15, -0.1) is 0 Å². The van der Waals surface area contributed by atoms with E-state index in [1.54, 1.807) is 6.26 Å². The maximum Gasteiger partial charge on any atom is 0.231 e. The van der Waals surface area contributed by atoms with Crippen LogP contribution in [0.15, 0.2) is 41.0 Å². The summed E-state index contributed by atoms with van der Waals surface area (Å²) in [5.74, 6) is 2.58. The van der Waals surface area contributed by atoms with Gasteiger partial charge in [0.15, 0.2) is 11.5 Å². The molecule has 1 atom stereocenters. The lowest BCUT2D eigenvalue weighted by molar-refractivity contribution is 0.174. The first-order chi connectivity index (χ1) is 8.81. The molecule has 94 valence electrons. The van der Waals surface area contributed by atoms with Gasteiger partial charge in [0.1, 0.15) is 5.76 Å². The van der Waals surface area contributed by atoms with Crippen LogP contribution in [0.25, 0.3) is 0 Å². The quantitative estimate of drug-likeness (QED) is 0.899. The van der Waals surface area contributed by atoms with E-state index in [2.05, 4.69) is 12.2 Å². The van der Waals surface area contributed by atoms with Crippen molar-refractivity contribution in [2.45, 2.75) is 19.4 Å². The fraction of sp³-hybridized carbons (Fsp3) is 0.286. The first kappa shape index (κ1) is 11.0. The standard InChI is InChI=1S/C14H15NO3/c1-10(7-12-3-2-6-16-12)15-11-4-5-13-14(8-11)18-9-17-13/h2-6,8,10,15H,7,9H2,1H3. The van der Waals surface area contributed by atoms with Gasteiger partial charge in [-0.25, -0.2) is 0 Å². The van der Waals surface area contributed by atoms with Gasteiger partial charge in [0.25, 0.3) is 0 Å². The minimum atomic E-state index is 0.288. The van der Waals surface area contributed by atoms with Crippen LogP contribution in [0.2, 0.25) is 0 Å². The summed E-state index contributed by atoms with van der Waals surface area (Å²) in [5.41, 5.74) is 1.03. The number of ether oxygens (including phenoxy) is 2. The molecule has 1 aromatic carbocycles. The van der Waals surface area contributed by atoms with Crippen LogP contribution in [0.3, 0.4) is 0 Å². The minimum absolute atomic E-state index is 0.288. The highest BCUT2D eigenvalue weighted by atomic mass is 16.7. The monoisotopic (exact) mass is 245 g/mol. The van der Waals surface area contributed by atoms with Gasteiger partial charge in [0.05, 0.1) is 6.26 Å². The second-order valence-corrected chi connectivity index (χ2v) is 4.40. The largest absolute Gasteiger partial charge is 0.469 e. The topological polar surface area (TPSA) is 43.6 Å². The SMILES string of the molecule is CC(Cc1ccco1)Nc1ccc2c(c1)OCO2. The molecule has 0 bridgehead atoms. The molecule has 1 N–H and O–H groups in total. The van der Waals surface area contributed by atoms with Crippen LogP contribution >= 0.6 is 0 Å². The Hall–Kier alpha value is -2.10. The zero-order valence-electron chi connectivity index (χ0n) is 10.2. The van der Waals surface area contributed by atoms with Gasteiger partial charge in [-0.1, -0.05) is 0 Å². The second kappa shape index (κ2) is 4.64. The highest BCUT2D eigenvalue weighted by molar-refractivity contribution is 5.56. The Labute approximate surface area is 106 Å². The van der Waals surface area contributed by atoms with Crippen molar-refractivity contribution in [3.63, 3.8) is 0 Å². The molecule has 4 nitrogen and oxygen atoms in total. The zero-order chi connectivity index (χ0) is 12.4. The van der Waals surface area contributed by atoms with Crippen molar-refractivity contribution in [2.24, 2.45) is 0 Å². The van der Waals surface area contributed by atoms with E-state index >= 15 is 0 Å². The number of nitrogens with one attached hydrogen (secondary N) is 1. The molecule has 1 unspecified atom stereocenters. The van der Waals surface area contributed by atoms with E-state index in [-0.39, 0.29) is 6.04 Å². The molecule has 0 saturated carbocycles. The molecule has 0 amide bonds. The van der Waals surface area contributed by atoms with Crippen LogP contribution < -0.4 is 14.8 Å². The average Bonchev–Trinajstić information content (AvgIpc) is 2.98. The van der Waals surface area contributed by atoms with Gasteiger partial charge >= 0.3 is 0 Å². The van der Waals surface area contributed by atoms with E-state index in [1.807, 2.05) is 30.3 Å². The Kier molecular flexibility index (Phi) is 2.84. The molecule has 0 aliphatic carbocycles. The normalized spacial score (nSPS) is 14.5. The Balaban J connectivity index is 1.65. The number of rotatable bonds is 4. The van der Waals surface area contributed by atoms with Crippen LogP contribution in [0, 0.1) is 0 Å². The Morgan fingerprint density at radius 3 is 2.94 bits per heavy atom. The summed E-state index contributed by atoms with van der Waals surface area (Å²) in [5, 5.41) is 3.41. The molecular formula is C14H15NO3. The molecule has 1 aliphatic heterocycles. The highest BCUT2D eigenvalue weighted by Gasteiger charge is 2.14. The van der Waals surface area contributed by atoms with Crippen LogP contribution in [0.1, 0.15) is 12.7 Å². The van der Waals surface area contributed by atoms with E-state index in [9.17, 15) is 0 Å². The summed E-state index contributed by atoms with van der Waals surface area (Å²) >= 11 is 0. The van der Waals surface area contributed by atoms with E-state index in [0.29, 0.717) is 6.79 Å². The van der Waals surface area contributed by atoms with E-state index in [4.69, 9.17) is 13.9 Å². The van der Waals surface area contributed by atoms with Crippen molar-refractivity contribution in [3.8, 4) is 11.5 Å². The van der Waals surface area contributed by atoms with Crippen molar-refractivity contribution in [2.75, 3.05) is 12.1 Å².